The average molecular weight is 246 g/mol. The van der Waals surface area contributed by atoms with E-state index in [9.17, 15) is 0 Å². The summed E-state index contributed by atoms with van der Waals surface area (Å²) in [5, 5.41) is 8.40. The average Bonchev–Trinajstić information content (AvgIpc) is 2.84. The minimum absolute atomic E-state index is 0.431. The van der Waals surface area contributed by atoms with Crippen molar-refractivity contribution in [2.45, 2.75) is 26.2 Å². The van der Waals surface area contributed by atoms with Gasteiger partial charge < -0.3 is 10.6 Å². The molecule has 3 rings (SSSR count). The topological polar surface area (TPSA) is 72.3 Å². The summed E-state index contributed by atoms with van der Waals surface area (Å²) >= 11 is 0. The molecular formula is C12H18N6. The highest BCUT2D eigenvalue weighted by Crippen LogP contribution is 2.24. The van der Waals surface area contributed by atoms with E-state index >= 15 is 0 Å². The summed E-state index contributed by atoms with van der Waals surface area (Å²) in [4.78, 5) is 6.34. The summed E-state index contributed by atoms with van der Waals surface area (Å²) in [6.45, 7) is 4.34. The molecule has 2 N–H and O–H groups in total. The predicted octanol–water partition coefficient (Wildman–Crippen LogP) is 1.33. The highest BCUT2D eigenvalue weighted by molar-refractivity contribution is 5.61. The standard InChI is InChI=1S/C12H18N6/c1-2-9-4-3-6-17(8-9)12-16-15-11-10(13)14-5-7-18(11)12/h5,7,9H,2-4,6,8H2,1H3,(H2,13,14). The van der Waals surface area contributed by atoms with Crippen LogP contribution in [0, 0.1) is 5.92 Å². The van der Waals surface area contributed by atoms with Crippen LogP contribution >= 0.6 is 0 Å². The zero-order valence-electron chi connectivity index (χ0n) is 10.6. The van der Waals surface area contributed by atoms with E-state index in [1.165, 1.54) is 19.3 Å². The molecule has 0 aliphatic carbocycles. The highest BCUT2D eigenvalue weighted by Gasteiger charge is 2.22. The van der Waals surface area contributed by atoms with Gasteiger partial charge in [-0.25, -0.2) is 4.98 Å². The van der Waals surface area contributed by atoms with Gasteiger partial charge in [0, 0.05) is 25.5 Å². The van der Waals surface area contributed by atoms with Crippen molar-refractivity contribution in [3.05, 3.63) is 12.4 Å². The Balaban J connectivity index is 1.96. The van der Waals surface area contributed by atoms with Crippen molar-refractivity contribution < 1.29 is 0 Å². The van der Waals surface area contributed by atoms with E-state index in [-0.39, 0.29) is 0 Å². The summed E-state index contributed by atoms with van der Waals surface area (Å²) in [5.41, 5.74) is 6.44. The van der Waals surface area contributed by atoms with Crippen molar-refractivity contribution >= 4 is 17.4 Å². The number of hydrogen-bond acceptors (Lipinski definition) is 5. The normalized spacial score (nSPS) is 20.5. The Kier molecular flexibility index (Phi) is 2.77. The van der Waals surface area contributed by atoms with E-state index in [1.54, 1.807) is 6.20 Å². The van der Waals surface area contributed by atoms with Gasteiger partial charge in [0.2, 0.25) is 11.6 Å². The van der Waals surface area contributed by atoms with Crippen molar-refractivity contribution in [2.24, 2.45) is 5.92 Å². The Labute approximate surface area is 106 Å². The number of hydrogen-bond donors (Lipinski definition) is 1. The second-order valence-electron chi connectivity index (χ2n) is 4.87. The van der Waals surface area contributed by atoms with Crippen LogP contribution in [0.3, 0.4) is 0 Å². The summed E-state index contributed by atoms with van der Waals surface area (Å²) in [7, 11) is 0. The fraction of sp³-hybridized carbons (Fsp3) is 0.583. The van der Waals surface area contributed by atoms with E-state index in [0.29, 0.717) is 11.5 Å². The van der Waals surface area contributed by atoms with Crippen molar-refractivity contribution in [2.75, 3.05) is 23.7 Å². The van der Waals surface area contributed by atoms with Gasteiger partial charge in [0.15, 0.2) is 5.82 Å². The van der Waals surface area contributed by atoms with Crippen LogP contribution in [0.1, 0.15) is 26.2 Å². The van der Waals surface area contributed by atoms with Gasteiger partial charge in [0.25, 0.3) is 0 Å². The maximum absolute atomic E-state index is 5.80. The number of fused-ring (bicyclic) bond motifs is 1. The zero-order chi connectivity index (χ0) is 12.5. The van der Waals surface area contributed by atoms with Gasteiger partial charge in [0.1, 0.15) is 0 Å². The van der Waals surface area contributed by atoms with Crippen LogP contribution in [-0.2, 0) is 0 Å². The van der Waals surface area contributed by atoms with Gasteiger partial charge in [-0.2, -0.15) is 0 Å². The van der Waals surface area contributed by atoms with Gasteiger partial charge in [-0.3, -0.25) is 4.40 Å². The number of anilines is 2. The van der Waals surface area contributed by atoms with E-state index in [2.05, 4.69) is 27.0 Å². The molecule has 2 aromatic rings. The predicted molar refractivity (Wildman–Crippen MR) is 70.4 cm³/mol. The second kappa shape index (κ2) is 4.44. The molecule has 6 nitrogen and oxygen atoms in total. The van der Waals surface area contributed by atoms with Crippen molar-refractivity contribution in [1.29, 1.82) is 0 Å². The van der Waals surface area contributed by atoms with Crippen molar-refractivity contribution in [1.82, 2.24) is 19.6 Å². The largest absolute Gasteiger partial charge is 0.381 e. The van der Waals surface area contributed by atoms with Gasteiger partial charge in [-0.05, 0) is 18.8 Å². The molecule has 0 radical (unpaired) electrons. The maximum atomic E-state index is 5.80. The number of piperidine rings is 1. The first kappa shape index (κ1) is 11.3. The lowest BCUT2D eigenvalue weighted by Crippen LogP contribution is -2.36. The fourth-order valence-electron chi connectivity index (χ4n) is 2.63. The number of nitrogens with zero attached hydrogens (tertiary/aromatic N) is 5. The molecule has 1 aliphatic heterocycles. The lowest BCUT2D eigenvalue weighted by molar-refractivity contribution is 0.400. The molecule has 1 unspecified atom stereocenters. The molecule has 18 heavy (non-hydrogen) atoms. The third kappa shape index (κ3) is 1.77. The van der Waals surface area contributed by atoms with Crippen LogP contribution in [0.25, 0.3) is 5.65 Å². The number of aromatic nitrogens is 4. The van der Waals surface area contributed by atoms with Gasteiger partial charge in [0.05, 0.1) is 0 Å². The first-order valence-electron chi connectivity index (χ1n) is 6.49. The molecule has 96 valence electrons. The maximum Gasteiger partial charge on any atom is 0.231 e. The van der Waals surface area contributed by atoms with Crippen molar-refractivity contribution in [3.8, 4) is 0 Å². The monoisotopic (exact) mass is 246 g/mol. The molecule has 3 heterocycles. The molecule has 6 heteroatoms. The molecule has 0 bridgehead atoms. The first-order valence-corrected chi connectivity index (χ1v) is 6.49. The summed E-state index contributed by atoms with van der Waals surface area (Å²) in [6.07, 6.45) is 7.31. The minimum Gasteiger partial charge on any atom is -0.381 e. The Morgan fingerprint density at radius 1 is 1.44 bits per heavy atom. The highest BCUT2D eigenvalue weighted by atomic mass is 15.4. The summed E-state index contributed by atoms with van der Waals surface area (Å²) in [5.74, 6) is 2.07. The van der Waals surface area contributed by atoms with Gasteiger partial charge >= 0.3 is 0 Å². The number of rotatable bonds is 2. The van der Waals surface area contributed by atoms with Crippen LogP contribution in [-0.4, -0.2) is 32.7 Å². The zero-order valence-corrected chi connectivity index (χ0v) is 10.6. The van der Waals surface area contributed by atoms with Crippen LogP contribution in [0.15, 0.2) is 12.4 Å². The van der Waals surface area contributed by atoms with E-state index in [0.717, 1.165) is 25.0 Å². The molecule has 0 saturated carbocycles. The number of nitrogen functional groups attached to an aromatic ring is 1. The molecule has 0 amide bonds. The van der Waals surface area contributed by atoms with Gasteiger partial charge in [-0.1, -0.05) is 13.3 Å². The van der Waals surface area contributed by atoms with E-state index in [1.807, 2.05) is 10.6 Å². The molecule has 1 fully saturated rings. The lowest BCUT2D eigenvalue weighted by atomic mass is 9.96. The minimum atomic E-state index is 0.431. The molecule has 1 atom stereocenters. The van der Waals surface area contributed by atoms with E-state index in [4.69, 9.17) is 5.73 Å². The lowest BCUT2D eigenvalue weighted by Gasteiger charge is -2.32. The molecule has 2 aromatic heterocycles. The molecule has 1 aliphatic rings. The van der Waals surface area contributed by atoms with Crippen molar-refractivity contribution in [3.63, 3.8) is 0 Å². The molecule has 0 spiro atoms. The Morgan fingerprint density at radius 3 is 3.17 bits per heavy atom. The van der Waals surface area contributed by atoms with Gasteiger partial charge in [-0.15, -0.1) is 10.2 Å². The smallest absolute Gasteiger partial charge is 0.231 e. The van der Waals surface area contributed by atoms with E-state index < -0.39 is 0 Å². The summed E-state index contributed by atoms with van der Waals surface area (Å²) in [6, 6.07) is 0. The number of nitrogens with two attached hydrogens (primary N) is 1. The summed E-state index contributed by atoms with van der Waals surface area (Å²) < 4.78 is 1.93. The Hall–Kier alpha value is -1.85. The van der Waals surface area contributed by atoms with Crippen LogP contribution < -0.4 is 10.6 Å². The second-order valence-corrected chi connectivity index (χ2v) is 4.87. The quantitative estimate of drug-likeness (QED) is 0.865. The Bertz CT molecular complexity index is 548. The third-order valence-electron chi connectivity index (χ3n) is 3.72. The molecular weight excluding hydrogens is 228 g/mol. The molecule has 1 saturated heterocycles. The Morgan fingerprint density at radius 2 is 2.33 bits per heavy atom. The molecule has 0 aromatic carbocycles. The first-order chi connectivity index (χ1) is 8.79. The third-order valence-corrected chi connectivity index (χ3v) is 3.72. The van der Waals surface area contributed by atoms with Crippen LogP contribution in [0.2, 0.25) is 0 Å². The van der Waals surface area contributed by atoms with Crippen LogP contribution in [0.5, 0.6) is 0 Å². The SMILES string of the molecule is CCC1CCCN(c2nnc3c(N)nccn23)C1. The fourth-order valence-corrected chi connectivity index (χ4v) is 2.63. The van der Waals surface area contributed by atoms with Crippen LogP contribution in [0.4, 0.5) is 11.8 Å².